The molecule has 1 aliphatic heterocycles. The van der Waals surface area contributed by atoms with Crippen LogP contribution >= 0.6 is 11.6 Å². The third-order valence-corrected chi connectivity index (χ3v) is 3.24. The summed E-state index contributed by atoms with van der Waals surface area (Å²) in [5.41, 5.74) is 6.38. The van der Waals surface area contributed by atoms with Crippen LogP contribution in [0.25, 0.3) is 0 Å². The van der Waals surface area contributed by atoms with Gasteiger partial charge in [-0.25, -0.2) is 0 Å². The first-order valence-electron chi connectivity index (χ1n) is 6.06. The molecule has 1 aromatic rings. The summed E-state index contributed by atoms with van der Waals surface area (Å²) in [6.45, 7) is 1.54. The molecule has 0 radical (unpaired) electrons. The zero-order valence-corrected chi connectivity index (χ0v) is 10.6. The molecule has 1 aliphatic rings. The van der Waals surface area contributed by atoms with Gasteiger partial charge in [-0.05, 0) is 37.8 Å². The van der Waals surface area contributed by atoms with Crippen LogP contribution in [0.5, 0.6) is 5.75 Å². The molecule has 1 unspecified atom stereocenters. The van der Waals surface area contributed by atoms with Crippen LogP contribution in [0.2, 0.25) is 5.02 Å². The van der Waals surface area contributed by atoms with Crippen molar-refractivity contribution in [2.45, 2.75) is 31.8 Å². The van der Waals surface area contributed by atoms with E-state index in [4.69, 9.17) is 26.8 Å². The maximum atomic E-state index is 6.01. The highest BCUT2D eigenvalue weighted by atomic mass is 35.5. The number of nitrogens with two attached hydrogens (primary N) is 1. The maximum Gasteiger partial charge on any atom is 0.160 e. The molecule has 3 nitrogen and oxygen atoms in total. The molecule has 4 heteroatoms. The molecular weight excluding hydrogens is 238 g/mol. The van der Waals surface area contributed by atoms with Gasteiger partial charge in [-0.2, -0.15) is 0 Å². The summed E-state index contributed by atoms with van der Waals surface area (Å²) in [5.74, 6) is 0.599. The van der Waals surface area contributed by atoms with Crippen LogP contribution in [0.3, 0.4) is 0 Å². The average molecular weight is 256 g/mol. The molecule has 17 heavy (non-hydrogen) atoms. The maximum absolute atomic E-state index is 6.01. The van der Waals surface area contributed by atoms with E-state index in [0.29, 0.717) is 29.2 Å². The Hall–Kier alpha value is -0.930. The predicted octanol–water partition coefficient (Wildman–Crippen LogP) is 3.26. The third kappa shape index (κ3) is 3.51. The Kier molecular flexibility index (Phi) is 4.51. The van der Waals surface area contributed by atoms with E-state index in [1.165, 1.54) is 12.8 Å². The smallest absolute Gasteiger partial charge is 0.160 e. The third-order valence-electron chi connectivity index (χ3n) is 2.94. The van der Waals surface area contributed by atoms with E-state index in [1.807, 2.05) is 6.07 Å². The van der Waals surface area contributed by atoms with E-state index in [-0.39, 0.29) is 0 Å². The summed E-state index contributed by atoms with van der Waals surface area (Å²) >= 11 is 6.01. The molecule has 2 N–H and O–H groups in total. The molecule has 94 valence electrons. The van der Waals surface area contributed by atoms with Gasteiger partial charge in [0.1, 0.15) is 0 Å². The molecular formula is C13H18ClNO2. The number of hydrogen-bond donors (Lipinski definition) is 1. The summed E-state index contributed by atoms with van der Waals surface area (Å²) in [6, 6.07) is 5.39. The van der Waals surface area contributed by atoms with Crippen molar-refractivity contribution in [2.75, 3.05) is 18.9 Å². The van der Waals surface area contributed by atoms with Crippen LogP contribution in [0, 0.1) is 0 Å². The van der Waals surface area contributed by atoms with Gasteiger partial charge in [0.15, 0.2) is 5.75 Å². The Morgan fingerprint density at radius 1 is 1.47 bits per heavy atom. The average Bonchev–Trinajstić information content (AvgIpc) is 2.80. The first kappa shape index (κ1) is 12.5. The van der Waals surface area contributed by atoms with Gasteiger partial charge in [0.05, 0.1) is 23.4 Å². The second-order valence-electron chi connectivity index (χ2n) is 4.28. The Balaban J connectivity index is 1.74. The Morgan fingerprint density at radius 2 is 2.35 bits per heavy atom. The minimum atomic E-state index is 0.419. The number of nitrogen functional groups attached to an aromatic ring is 1. The number of ether oxygens (including phenoxy) is 2. The standard InChI is InChI=1S/C13H18ClNO2/c14-11-6-1-7-12(15)13(11)17-9-3-5-10-4-2-8-16-10/h1,6-7,10H,2-5,8-9,15H2. The van der Waals surface area contributed by atoms with Crippen LogP contribution in [-0.4, -0.2) is 19.3 Å². The van der Waals surface area contributed by atoms with Gasteiger partial charge in [-0.3, -0.25) is 0 Å². The van der Waals surface area contributed by atoms with Crippen LogP contribution in [0.15, 0.2) is 18.2 Å². The lowest BCUT2D eigenvalue weighted by Crippen LogP contribution is -2.08. The van der Waals surface area contributed by atoms with Crippen molar-refractivity contribution in [2.24, 2.45) is 0 Å². The van der Waals surface area contributed by atoms with Gasteiger partial charge in [-0.1, -0.05) is 17.7 Å². The predicted molar refractivity (Wildman–Crippen MR) is 69.6 cm³/mol. The van der Waals surface area contributed by atoms with E-state index in [9.17, 15) is 0 Å². The van der Waals surface area contributed by atoms with Gasteiger partial charge >= 0.3 is 0 Å². The summed E-state index contributed by atoms with van der Waals surface area (Å²) in [4.78, 5) is 0. The second kappa shape index (κ2) is 6.12. The van der Waals surface area contributed by atoms with E-state index >= 15 is 0 Å². The van der Waals surface area contributed by atoms with Crippen LogP contribution < -0.4 is 10.5 Å². The second-order valence-corrected chi connectivity index (χ2v) is 4.69. The van der Waals surface area contributed by atoms with Crippen molar-refractivity contribution in [3.63, 3.8) is 0 Å². The normalized spacial score (nSPS) is 19.5. The van der Waals surface area contributed by atoms with E-state index in [0.717, 1.165) is 19.4 Å². The van der Waals surface area contributed by atoms with Crippen molar-refractivity contribution in [1.29, 1.82) is 0 Å². The Bertz CT molecular complexity index is 344. The zero-order chi connectivity index (χ0) is 12.1. The largest absolute Gasteiger partial charge is 0.490 e. The fraction of sp³-hybridized carbons (Fsp3) is 0.538. The topological polar surface area (TPSA) is 44.5 Å². The molecule has 0 amide bonds. The summed E-state index contributed by atoms with van der Waals surface area (Å²) < 4.78 is 11.2. The highest BCUT2D eigenvalue weighted by Crippen LogP contribution is 2.30. The van der Waals surface area contributed by atoms with Gasteiger partial charge in [-0.15, -0.1) is 0 Å². The monoisotopic (exact) mass is 255 g/mol. The molecule has 0 bridgehead atoms. The first-order chi connectivity index (χ1) is 8.27. The number of benzene rings is 1. The first-order valence-corrected chi connectivity index (χ1v) is 6.43. The molecule has 1 aromatic carbocycles. The minimum Gasteiger partial charge on any atom is -0.490 e. The molecule has 2 rings (SSSR count). The lowest BCUT2D eigenvalue weighted by molar-refractivity contribution is 0.0982. The molecule has 1 saturated heterocycles. The van der Waals surface area contributed by atoms with E-state index in [2.05, 4.69) is 0 Å². The number of rotatable bonds is 5. The number of para-hydroxylation sites is 1. The Morgan fingerprint density at radius 3 is 3.06 bits per heavy atom. The molecule has 1 fully saturated rings. The molecule has 0 aromatic heterocycles. The summed E-state index contributed by atoms with van der Waals surface area (Å²) in [5, 5.41) is 0.571. The lowest BCUT2D eigenvalue weighted by atomic mass is 10.1. The number of hydrogen-bond acceptors (Lipinski definition) is 3. The van der Waals surface area contributed by atoms with Crippen LogP contribution in [-0.2, 0) is 4.74 Å². The molecule has 0 saturated carbocycles. The zero-order valence-electron chi connectivity index (χ0n) is 9.82. The van der Waals surface area contributed by atoms with Crippen LogP contribution in [0.1, 0.15) is 25.7 Å². The van der Waals surface area contributed by atoms with Crippen molar-refractivity contribution in [3.05, 3.63) is 23.2 Å². The quantitative estimate of drug-likeness (QED) is 0.649. The summed E-state index contributed by atoms with van der Waals surface area (Å²) in [7, 11) is 0. The number of halogens is 1. The van der Waals surface area contributed by atoms with Gasteiger partial charge < -0.3 is 15.2 Å². The molecule has 1 atom stereocenters. The number of anilines is 1. The van der Waals surface area contributed by atoms with Crippen LogP contribution in [0.4, 0.5) is 5.69 Å². The van der Waals surface area contributed by atoms with Crippen molar-refractivity contribution in [3.8, 4) is 5.75 Å². The van der Waals surface area contributed by atoms with Gasteiger partial charge in [0.25, 0.3) is 0 Å². The molecule has 0 aliphatic carbocycles. The highest BCUT2D eigenvalue weighted by molar-refractivity contribution is 6.32. The van der Waals surface area contributed by atoms with Crippen molar-refractivity contribution >= 4 is 17.3 Å². The fourth-order valence-electron chi connectivity index (χ4n) is 2.04. The van der Waals surface area contributed by atoms with E-state index < -0.39 is 0 Å². The lowest BCUT2D eigenvalue weighted by Gasteiger charge is -2.12. The highest BCUT2D eigenvalue weighted by Gasteiger charge is 2.14. The van der Waals surface area contributed by atoms with Gasteiger partial charge in [0, 0.05) is 6.61 Å². The minimum absolute atomic E-state index is 0.419. The Labute approximate surface area is 107 Å². The van der Waals surface area contributed by atoms with Crippen molar-refractivity contribution in [1.82, 2.24) is 0 Å². The SMILES string of the molecule is Nc1cccc(Cl)c1OCCCC1CCCO1. The molecule has 0 spiro atoms. The van der Waals surface area contributed by atoms with E-state index in [1.54, 1.807) is 12.1 Å². The fourth-order valence-corrected chi connectivity index (χ4v) is 2.27. The van der Waals surface area contributed by atoms with Crippen molar-refractivity contribution < 1.29 is 9.47 Å². The van der Waals surface area contributed by atoms with Gasteiger partial charge in [0.2, 0.25) is 0 Å². The summed E-state index contributed by atoms with van der Waals surface area (Å²) in [6.07, 6.45) is 4.79. The molecule has 1 heterocycles.